The Morgan fingerprint density at radius 3 is 2.65 bits per heavy atom. The molecule has 1 fully saturated rings. The minimum Gasteiger partial charge on any atom is -0.393 e. The van der Waals surface area contributed by atoms with E-state index in [1.165, 1.54) is 0 Å². The number of tetrazole rings is 1. The number of likely N-dealkylation sites (tertiary alicyclic amines) is 1. The summed E-state index contributed by atoms with van der Waals surface area (Å²) in [6.07, 6.45) is 1.81. The lowest BCUT2D eigenvalue weighted by Crippen LogP contribution is -2.51. The number of hydrogen-bond acceptors (Lipinski definition) is 8. The molecule has 2 aromatic rings. The number of nitrogens with one attached hydrogen (secondary N) is 1. The molecule has 11 nitrogen and oxygen atoms in total. The van der Waals surface area contributed by atoms with Crippen LogP contribution in [-0.2, 0) is 27.5 Å². The van der Waals surface area contributed by atoms with Gasteiger partial charge < -0.3 is 25.8 Å². The quantitative estimate of drug-likeness (QED) is 0.428. The molecular weight excluding hydrogens is 438 g/mol. The molecule has 0 aliphatic carbocycles. The summed E-state index contributed by atoms with van der Waals surface area (Å²) in [4.78, 5) is 26.8. The van der Waals surface area contributed by atoms with Crippen molar-refractivity contribution in [3.63, 3.8) is 0 Å². The van der Waals surface area contributed by atoms with E-state index in [1.54, 1.807) is 23.4 Å². The molecule has 0 bridgehead atoms. The standard InChI is InChI=1S/C23H35N7O4/c1-23(2,24)22(33)25-19(16-34-15-17-7-4-3-5-8-17)21-26-27-28-30(21)12-6-9-20(32)29-13-10-18(31)11-14-29/h3-5,7-8,18-19,31H,6,9-16,24H2,1-2H3,(H,25,33)/t19-/m1/s1. The number of aryl methyl sites for hydroxylation is 1. The number of nitrogens with two attached hydrogens (primary N) is 1. The fourth-order valence-electron chi connectivity index (χ4n) is 3.67. The average Bonchev–Trinajstić information content (AvgIpc) is 3.27. The molecule has 1 aliphatic rings. The number of piperidine rings is 1. The second-order valence-corrected chi connectivity index (χ2v) is 9.22. The van der Waals surface area contributed by atoms with Gasteiger partial charge in [0.05, 0.1) is 24.9 Å². The van der Waals surface area contributed by atoms with Gasteiger partial charge in [0.1, 0.15) is 6.04 Å². The van der Waals surface area contributed by atoms with Gasteiger partial charge in [0.25, 0.3) is 0 Å². The van der Waals surface area contributed by atoms with Crippen molar-refractivity contribution in [1.29, 1.82) is 0 Å². The average molecular weight is 474 g/mol. The summed E-state index contributed by atoms with van der Waals surface area (Å²) in [6, 6.07) is 9.12. The predicted molar refractivity (Wildman–Crippen MR) is 124 cm³/mol. The van der Waals surface area contributed by atoms with Crippen LogP contribution in [0, 0.1) is 0 Å². The zero-order valence-corrected chi connectivity index (χ0v) is 19.9. The summed E-state index contributed by atoms with van der Waals surface area (Å²) in [5, 5.41) is 24.5. The molecule has 0 unspecified atom stereocenters. The van der Waals surface area contributed by atoms with Crippen LogP contribution in [0.3, 0.4) is 0 Å². The number of ether oxygens (including phenoxy) is 1. The van der Waals surface area contributed by atoms with Crippen LogP contribution in [0.2, 0.25) is 0 Å². The number of carbonyl (C=O) groups is 2. The minimum atomic E-state index is -1.08. The largest absolute Gasteiger partial charge is 0.393 e. The summed E-state index contributed by atoms with van der Waals surface area (Å²) in [5.74, 6) is 0.152. The Bertz CT molecular complexity index is 921. The van der Waals surface area contributed by atoms with Crippen molar-refractivity contribution in [1.82, 2.24) is 30.4 Å². The van der Waals surface area contributed by atoms with Gasteiger partial charge in [0, 0.05) is 26.1 Å². The van der Waals surface area contributed by atoms with E-state index < -0.39 is 11.6 Å². The first-order valence-electron chi connectivity index (χ1n) is 11.7. The van der Waals surface area contributed by atoms with E-state index >= 15 is 0 Å². The van der Waals surface area contributed by atoms with Gasteiger partial charge in [0.2, 0.25) is 11.8 Å². The fourth-order valence-corrected chi connectivity index (χ4v) is 3.67. The van der Waals surface area contributed by atoms with Crippen molar-refractivity contribution in [3.8, 4) is 0 Å². The van der Waals surface area contributed by atoms with E-state index in [1.807, 2.05) is 30.3 Å². The van der Waals surface area contributed by atoms with Gasteiger partial charge in [-0.25, -0.2) is 4.68 Å². The lowest BCUT2D eigenvalue weighted by molar-refractivity contribution is -0.133. The highest BCUT2D eigenvalue weighted by Gasteiger charge is 2.28. The van der Waals surface area contributed by atoms with E-state index in [4.69, 9.17) is 10.5 Å². The van der Waals surface area contributed by atoms with Crippen LogP contribution < -0.4 is 11.1 Å². The van der Waals surface area contributed by atoms with Crippen molar-refractivity contribution >= 4 is 11.8 Å². The zero-order chi connectivity index (χ0) is 24.6. The van der Waals surface area contributed by atoms with Gasteiger partial charge in [-0.2, -0.15) is 0 Å². The van der Waals surface area contributed by atoms with Crippen LogP contribution in [0.5, 0.6) is 0 Å². The maximum Gasteiger partial charge on any atom is 0.240 e. The smallest absolute Gasteiger partial charge is 0.240 e. The molecule has 2 amide bonds. The van der Waals surface area contributed by atoms with Crippen molar-refractivity contribution in [3.05, 3.63) is 41.7 Å². The minimum absolute atomic E-state index is 0.0578. The summed E-state index contributed by atoms with van der Waals surface area (Å²) in [6.45, 7) is 5.36. The third-order valence-corrected chi connectivity index (χ3v) is 5.74. The highest BCUT2D eigenvalue weighted by atomic mass is 16.5. The Kier molecular flexibility index (Phi) is 9.08. The topological polar surface area (TPSA) is 148 Å². The fraction of sp³-hybridized carbons (Fsp3) is 0.609. The van der Waals surface area contributed by atoms with E-state index in [0.717, 1.165) is 5.56 Å². The molecular formula is C23H35N7O4. The Balaban J connectivity index is 1.59. The second-order valence-electron chi connectivity index (χ2n) is 9.22. The van der Waals surface area contributed by atoms with Gasteiger partial charge in [-0.1, -0.05) is 30.3 Å². The third kappa shape index (κ3) is 7.57. The van der Waals surface area contributed by atoms with Crippen LogP contribution in [0.15, 0.2) is 30.3 Å². The number of amides is 2. The van der Waals surface area contributed by atoms with Gasteiger partial charge in [-0.05, 0) is 49.1 Å². The molecule has 186 valence electrons. The molecule has 11 heteroatoms. The SMILES string of the molecule is CC(C)(N)C(=O)N[C@H](COCc1ccccc1)c1nnnn1CCCC(=O)N1CCC(O)CC1. The molecule has 1 atom stereocenters. The van der Waals surface area contributed by atoms with E-state index in [0.29, 0.717) is 57.7 Å². The van der Waals surface area contributed by atoms with Crippen molar-refractivity contribution < 1.29 is 19.4 Å². The maximum atomic E-state index is 12.6. The summed E-state index contributed by atoms with van der Waals surface area (Å²) >= 11 is 0. The first-order chi connectivity index (χ1) is 16.2. The molecule has 4 N–H and O–H groups in total. The van der Waals surface area contributed by atoms with Gasteiger partial charge in [-0.15, -0.1) is 5.10 Å². The molecule has 1 aromatic carbocycles. The number of aliphatic hydroxyl groups is 1. The molecule has 1 aliphatic heterocycles. The molecule has 2 heterocycles. The molecule has 0 spiro atoms. The summed E-state index contributed by atoms with van der Waals surface area (Å²) in [5.41, 5.74) is 5.89. The number of hydrogen-bond donors (Lipinski definition) is 3. The second kappa shape index (κ2) is 12.0. The molecule has 1 saturated heterocycles. The normalized spacial score (nSPS) is 15.8. The van der Waals surface area contributed by atoms with Crippen LogP contribution in [-0.4, -0.2) is 73.4 Å². The number of benzene rings is 1. The molecule has 0 radical (unpaired) electrons. The van der Waals surface area contributed by atoms with E-state index in [2.05, 4.69) is 20.8 Å². The van der Waals surface area contributed by atoms with Crippen molar-refractivity contribution in [2.24, 2.45) is 5.73 Å². The molecule has 0 saturated carbocycles. The predicted octanol–water partition coefficient (Wildman–Crippen LogP) is 0.548. The highest BCUT2D eigenvalue weighted by molar-refractivity contribution is 5.85. The molecule has 3 rings (SSSR count). The Morgan fingerprint density at radius 2 is 1.97 bits per heavy atom. The number of carbonyl (C=O) groups excluding carboxylic acids is 2. The van der Waals surface area contributed by atoms with Crippen LogP contribution in [0.4, 0.5) is 0 Å². The van der Waals surface area contributed by atoms with E-state index in [9.17, 15) is 14.7 Å². The lowest BCUT2D eigenvalue weighted by atomic mass is 10.1. The number of aromatic nitrogens is 4. The first-order valence-corrected chi connectivity index (χ1v) is 11.7. The van der Waals surface area contributed by atoms with Crippen LogP contribution in [0.1, 0.15) is 57.0 Å². The highest BCUT2D eigenvalue weighted by Crippen LogP contribution is 2.15. The monoisotopic (exact) mass is 473 g/mol. The van der Waals surface area contributed by atoms with Gasteiger partial charge in [0.15, 0.2) is 5.82 Å². The van der Waals surface area contributed by atoms with Gasteiger partial charge in [-0.3, -0.25) is 9.59 Å². The maximum absolute atomic E-state index is 12.6. The Hall–Kier alpha value is -2.89. The third-order valence-electron chi connectivity index (χ3n) is 5.74. The Morgan fingerprint density at radius 1 is 1.26 bits per heavy atom. The summed E-state index contributed by atoms with van der Waals surface area (Å²) < 4.78 is 7.45. The van der Waals surface area contributed by atoms with Crippen molar-refractivity contribution in [2.75, 3.05) is 19.7 Å². The first kappa shape index (κ1) is 25.7. The lowest BCUT2D eigenvalue weighted by Gasteiger charge is -2.29. The van der Waals surface area contributed by atoms with Crippen LogP contribution >= 0.6 is 0 Å². The Labute approximate surface area is 199 Å². The van der Waals surface area contributed by atoms with Crippen LogP contribution in [0.25, 0.3) is 0 Å². The zero-order valence-electron chi connectivity index (χ0n) is 19.9. The van der Waals surface area contributed by atoms with Crippen molar-refractivity contribution in [2.45, 2.75) is 70.4 Å². The number of nitrogens with zero attached hydrogens (tertiary/aromatic N) is 5. The van der Waals surface area contributed by atoms with E-state index in [-0.39, 0.29) is 24.5 Å². The van der Waals surface area contributed by atoms with Gasteiger partial charge >= 0.3 is 0 Å². The number of aliphatic hydroxyl groups excluding tert-OH is 1. The summed E-state index contributed by atoms with van der Waals surface area (Å²) in [7, 11) is 0. The molecule has 34 heavy (non-hydrogen) atoms. The number of rotatable bonds is 11. The molecule has 1 aromatic heterocycles.